The fraction of sp³-hybridized carbons (Fsp3) is 0.643. The normalized spacial score (nSPS) is 16.6. The van der Waals surface area contributed by atoms with E-state index >= 15 is 0 Å². The lowest BCUT2D eigenvalue weighted by Gasteiger charge is -2.22. The Hall–Kier alpha value is -0.870. The summed E-state index contributed by atoms with van der Waals surface area (Å²) in [6.45, 7) is 1.54. The summed E-state index contributed by atoms with van der Waals surface area (Å²) in [5, 5.41) is 2.08. The molecule has 0 spiro atoms. The van der Waals surface area contributed by atoms with E-state index in [1.165, 1.54) is 17.7 Å². The molecule has 2 rings (SSSR count). The summed E-state index contributed by atoms with van der Waals surface area (Å²) in [7, 11) is 1.91. The van der Waals surface area contributed by atoms with Crippen molar-refractivity contribution < 1.29 is 4.79 Å². The summed E-state index contributed by atoms with van der Waals surface area (Å²) in [4.78, 5) is 15.2. The maximum atomic E-state index is 12.0. The molecule has 1 heterocycles. The topological polar surface area (TPSA) is 46.3 Å². The molecular weight excluding hydrogens is 244 g/mol. The van der Waals surface area contributed by atoms with E-state index in [9.17, 15) is 4.79 Å². The van der Waals surface area contributed by atoms with E-state index in [2.05, 4.69) is 17.5 Å². The standard InChI is InChI=1S/C14H22N2OS/c1-16(11-14(10-15)7-8-14)13(17)6-2-4-12-5-3-9-18-12/h3,5,9H,2,4,6-8,10-11,15H2,1H3. The summed E-state index contributed by atoms with van der Waals surface area (Å²) in [6.07, 6.45) is 4.96. The van der Waals surface area contributed by atoms with Gasteiger partial charge in [0.15, 0.2) is 0 Å². The van der Waals surface area contributed by atoms with Crippen molar-refractivity contribution in [3.8, 4) is 0 Å². The second kappa shape index (κ2) is 5.85. The highest BCUT2D eigenvalue weighted by molar-refractivity contribution is 7.09. The fourth-order valence-corrected chi connectivity index (χ4v) is 3.01. The Kier molecular flexibility index (Phi) is 4.40. The number of amides is 1. The average Bonchev–Trinajstić information content (AvgIpc) is 2.94. The van der Waals surface area contributed by atoms with Crippen molar-refractivity contribution in [2.75, 3.05) is 20.1 Å². The number of hydrogen-bond donors (Lipinski definition) is 1. The molecule has 1 aromatic rings. The SMILES string of the molecule is CN(CC1(CN)CC1)C(=O)CCCc1cccs1. The van der Waals surface area contributed by atoms with Gasteiger partial charge in [-0.25, -0.2) is 0 Å². The Labute approximate surface area is 113 Å². The Morgan fingerprint density at radius 3 is 2.89 bits per heavy atom. The number of nitrogens with two attached hydrogens (primary N) is 1. The van der Waals surface area contributed by atoms with E-state index in [4.69, 9.17) is 5.73 Å². The maximum Gasteiger partial charge on any atom is 0.222 e. The number of rotatable bonds is 7. The third-order valence-corrected chi connectivity index (χ3v) is 4.72. The molecule has 0 saturated heterocycles. The fourth-order valence-electron chi connectivity index (χ4n) is 2.25. The smallest absolute Gasteiger partial charge is 0.222 e. The van der Waals surface area contributed by atoms with Gasteiger partial charge in [0.1, 0.15) is 0 Å². The third-order valence-electron chi connectivity index (χ3n) is 3.78. The molecule has 0 aromatic carbocycles. The molecule has 1 fully saturated rings. The van der Waals surface area contributed by atoms with Crippen LogP contribution in [0, 0.1) is 5.41 Å². The van der Waals surface area contributed by atoms with Crippen LogP contribution in [0.4, 0.5) is 0 Å². The van der Waals surface area contributed by atoms with Crippen molar-refractivity contribution in [1.82, 2.24) is 4.90 Å². The molecule has 0 bridgehead atoms. The van der Waals surface area contributed by atoms with Gasteiger partial charge in [0.05, 0.1) is 0 Å². The van der Waals surface area contributed by atoms with Gasteiger partial charge in [0, 0.05) is 30.3 Å². The van der Waals surface area contributed by atoms with Gasteiger partial charge in [-0.3, -0.25) is 4.79 Å². The minimum absolute atomic E-state index is 0.248. The van der Waals surface area contributed by atoms with Gasteiger partial charge in [-0.1, -0.05) is 6.07 Å². The Morgan fingerprint density at radius 2 is 2.33 bits per heavy atom. The molecule has 1 aromatic heterocycles. The molecule has 0 unspecified atom stereocenters. The van der Waals surface area contributed by atoms with E-state index in [0.717, 1.165) is 19.4 Å². The first-order valence-electron chi connectivity index (χ1n) is 6.62. The van der Waals surface area contributed by atoms with Crippen LogP contribution in [0.3, 0.4) is 0 Å². The van der Waals surface area contributed by atoms with Gasteiger partial charge in [-0.2, -0.15) is 0 Å². The zero-order valence-electron chi connectivity index (χ0n) is 11.0. The van der Waals surface area contributed by atoms with Crippen LogP contribution in [0.25, 0.3) is 0 Å². The second-order valence-electron chi connectivity index (χ2n) is 5.39. The maximum absolute atomic E-state index is 12.0. The molecule has 2 N–H and O–H groups in total. The molecule has 1 saturated carbocycles. The van der Waals surface area contributed by atoms with Gasteiger partial charge in [0.2, 0.25) is 5.91 Å². The predicted molar refractivity (Wildman–Crippen MR) is 75.6 cm³/mol. The molecule has 4 heteroatoms. The van der Waals surface area contributed by atoms with Crippen molar-refractivity contribution in [2.24, 2.45) is 11.1 Å². The van der Waals surface area contributed by atoms with Gasteiger partial charge in [-0.05, 0) is 43.7 Å². The van der Waals surface area contributed by atoms with Gasteiger partial charge < -0.3 is 10.6 Å². The number of carbonyl (C=O) groups is 1. The molecule has 1 aliphatic rings. The van der Waals surface area contributed by atoms with Crippen LogP contribution in [-0.2, 0) is 11.2 Å². The number of nitrogens with zero attached hydrogens (tertiary/aromatic N) is 1. The summed E-state index contributed by atoms with van der Waals surface area (Å²) in [6, 6.07) is 4.19. The number of thiophene rings is 1. The summed E-state index contributed by atoms with van der Waals surface area (Å²) in [5.41, 5.74) is 5.99. The lowest BCUT2D eigenvalue weighted by molar-refractivity contribution is -0.130. The molecule has 18 heavy (non-hydrogen) atoms. The van der Waals surface area contributed by atoms with E-state index < -0.39 is 0 Å². The van der Waals surface area contributed by atoms with Crippen LogP contribution in [0.1, 0.15) is 30.6 Å². The molecule has 3 nitrogen and oxygen atoms in total. The van der Waals surface area contributed by atoms with E-state index in [1.54, 1.807) is 11.3 Å². The molecule has 1 aliphatic carbocycles. The molecule has 100 valence electrons. The first kappa shape index (κ1) is 13.6. The Balaban J connectivity index is 1.67. The highest BCUT2D eigenvalue weighted by Crippen LogP contribution is 2.44. The molecule has 0 aliphatic heterocycles. The quantitative estimate of drug-likeness (QED) is 0.823. The molecule has 0 atom stereocenters. The Morgan fingerprint density at radius 1 is 1.56 bits per heavy atom. The van der Waals surface area contributed by atoms with Crippen molar-refractivity contribution in [3.63, 3.8) is 0 Å². The van der Waals surface area contributed by atoms with Crippen LogP contribution < -0.4 is 5.73 Å². The second-order valence-corrected chi connectivity index (χ2v) is 6.42. The largest absolute Gasteiger partial charge is 0.345 e. The lowest BCUT2D eigenvalue weighted by Crippen LogP contribution is -2.35. The number of carbonyl (C=O) groups excluding carboxylic acids is 1. The highest BCUT2D eigenvalue weighted by atomic mass is 32.1. The minimum Gasteiger partial charge on any atom is -0.345 e. The van der Waals surface area contributed by atoms with Gasteiger partial charge in [-0.15, -0.1) is 11.3 Å². The van der Waals surface area contributed by atoms with Crippen LogP contribution in [0.15, 0.2) is 17.5 Å². The van der Waals surface area contributed by atoms with Crippen LogP contribution in [-0.4, -0.2) is 30.9 Å². The lowest BCUT2D eigenvalue weighted by atomic mass is 10.1. The van der Waals surface area contributed by atoms with Crippen molar-refractivity contribution in [2.45, 2.75) is 32.1 Å². The summed E-state index contributed by atoms with van der Waals surface area (Å²) < 4.78 is 0. The van der Waals surface area contributed by atoms with Crippen molar-refractivity contribution >= 4 is 17.2 Å². The van der Waals surface area contributed by atoms with Crippen LogP contribution in [0.5, 0.6) is 0 Å². The zero-order valence-corrected chi connectivity index (χ0v) is 11.8. The van der Waals surface area contributed by atoms with Crippen molar-refractivity contribution in [1.29, 1.82) is 0 Å². The summed E-state index contributed by atoms with van der Waals surface area (Å²) in [5.74, 6) is 0.256. The predicted octanol–water partition coefficient (Wildman–Crippen LogP) is 2.27. The molecule has 1 amide bonds. The Bertz CT molecular complexity index is 385. The average molecular weight is 266 g/mol. The number of hydrogen-bond acceptors (Lipinski definition) is 3. The third kappa shape index (κ3) is 3.56. The van der Waals surface area contributed by atoms with Crippen molar-refractivity contribution in [3.05, 3.63) is 22.4 Å². The first-order valence-corrected chi connectivity index (χ1v) is 7.50. The molecular formula is C14H22N2OS. The molecule has 0 radical (unpaired) electrons. The highest BCUT2D eigenvalue weighted by Gasteiger charge is 2.42. The van der Waals surface area contributed by atoms with E-state index in [0.29, 0.717) is 13.0 Å². The summed E-state index contributed by atoms with van der Waals surface area (Å²) >= 11 is 1.77. The monoisotopic (exact) mass is 266 g/mol. The van der Waals surface area contributed by atoms with Crippen LogP contribution in [0.2, 0.25) is 0 Å². The van der Waals surface area contributed by atoms with E-state index in [1.807, 2.05) is 11.9 Å². The van der Waals surface area contributed by atoms with Gasteiger partial charge >= 0.3 is 0 Å². The van der Waals surface area contributed by atoms with Gasteiger partial charge in [0.25, 0.3) is 0 Å². The van der Waals surface area contributed by atoms with E-state index in [-0.39, 0.29) is 11.3 Å². The number of aryl methyl sites for hydroxylation is 1. The van der Waals surface area contributed by atoms with Crippen LogP contribution >= 0.6 is 11.3 Å². The zero-order chi connectivity index (χ0) is 13.0. The minimum atomic E-state index is 0.248. The first-order chi connectivity index (χ1) is 8.65.